The van der Waals surface area contributed by atoms with Crippen LogP contribution in [-0.4, -0.2) is 18.1 Å². The monoisotopic (exact) mass is 323 g/mol. The molecule has 0 spiro atoms. The Morgan fingerprint density at radius 1 is 1.26 bits per heavy atom. The van der Waals surface area contributed by atoms with Crippen LogP contribution in [0.5, 0.6) is 5.75 Å². The largest absolute Gasteiger partial charge is 0.508 e. The summed E-state index contributed by atoms with van der Waals surface area (Å²) in [7, 11) is 1.53. The zero-order valence-electron chi connectivity index (χ0n) is 10.1. The summed E-state index contributed by atoms with van der Waals surface area (Å²) in [5.41, 5.74) is 0.473. The van der Waals surface area contributed by atoms with Crippen molar-refractivity contribution in [2.75, 3.05) is 11.9 Å². The van der Waals surface area contributed by atoms with Gasteiger partial charge < -0.3 is 10.0 Å². The highest BCUT2D eigenvalue weighted by molar-refractivity contribution is 9.10. The number of hydrogen-bond acceptors (Lipinski definition) is 2. The summed E-state index contributed by atoms with van der Waals surface area (Å²) in [6, 6.07) is 10.5. The second-order valence-electron chi connectivity index (χ2n) is 4.01. The molecular weight excluding hydrogens is 313 g/mol. The molecule has 0 aliphatic carbocycles. The maximum absolute atomic E-state index is 13.7. The summed E-state index contributed by atoms with van der Waals surface area (Å²) in [4.78, 5) is 13.5. The molecule has 19 heavy (non-hydrogen) atoms. The number of carbonyl (C=O) groups excluding carboxylic acids is 1. The third-order valence-corrected chi connectivity index (χ3v) is 3.18. The summed E-state index contributed by atoms with van der Waals surface area (Å²) in [6.07, 6.45) is 0. The Balaban J connectivity index is 2.33. The zero-order valence-corrected chi connectivity index (χ0v) is 11.7. The Hall–Kier alpha value is -1.88. The van der Waals surface area contributed by atoms with Crippen LogP contribution in [0.15, 0.2) is 46.9 Å². The second kappa shape index (κ2) is 5.40. The van der Waals surface area contributed by atoms with Gasteiger partial charge in [-0.2, -0.15) is 0 Å². The van der Waals surface area contributed by atoms with Gasteiger partial charge in [0, 0.05) is 23.3 Å². The van der Waals surface area contributed by atoms with Crippen molar-refractivity contribution in [3.8, 4) is 5.75 Å². The van der Waals surface area contributed by atoms with Gasteiger partial charge in [0.1, 0.15) is 11.6 Å². The topological polar surface area (TPSA) is 40.5 Å². The lowest BCUT2D eigenvalue weighted by molar-refractivity contribution is 0.0989. The first kappa shape index (κ1) is 13.5. The number of carbonyl (C=O) groups is 1. The van der Waals surface area contributed by atoms with E-state index in [9.17, 15) is 14.3 Å². The molecule has 0 atom stereocenters. The molecule has 0 aliphatic rings. The van der Waals surface area contributed by atoms with E-state index < -0.39 is 11.7 Å². The van der Waals surface area contributed by atoms with Crippen molar-refractivity contribution in [1.29, 1.82) is 0 Å². The predicted molar refractivity (Wildman–Crippen MR) is 74.9 cm³/mol. The lowest BCUT2D eigenvalue weighted by atomic mass is 10.1. The molecular formula is C14H11BrFNO2. The summed E-state index contributed by atoms with van der Waals surface area (Å²) < 4.78 is 14.3. The quantitative estimate of drug-likeness (QED) is 0.917. The van der Waals surface area contributed by atoms with Crippen LogP contribution in [0.3, 0.4) is 0 Å². The van der Waals surface area contributed by atoms with Crippen molar-refractivity contribution >= 4 is 27.5 Å². The molecule has 0 bridgehead atoms. The number of amides is 1. The van der Waals surface area contributed by atoms with Gasteiger partial charge in [0.25, 0.3) is 5.91 Å². The normalized spacial score (nSPS) is 10.3. The van der Waals surface area contributed by atoms with Crippen LogP contribution in [0.1, 0.15) is 10.4 Å². The van der Waals surface area contributed by atoms with E-state index >= 15 is 0 Å². The van der Waals surface area contributed by atoms with E-state index in [1.807, 2.05) is 0 Å². The summed E-state index contributed by atoms with van der Waals surface area (Å²) in [5, 5.41) is 9.39. The molecule has 0 saturated carbocycles. The number of phenolic OH excluding ortho intramolecular Hbond substituents is 1. The molecule has 2 aromatic carbocycles. The van der Waals surface area contributed by atoms with Gasteiger partial charge in [0.05, 0.1) is 5.56 Å². The van der Waals surface area contributed by atoms with E-state index in [0.717, 1.165) is 0 Å². The van der Waals surface area contributed by atoms with Gasteiger partial charge in [0.2, 0.25) is 0 Å². The molecule has 98 valence electrons. The minimum Gasteiger partial charge on any atom is -0.508 e. The van der Waals surface area contributed by atoms with Gasteiger partial charge in [-0.15, -0.1) is 0 Å². The van der Waals surface area contributed by atoms with Crippen molar-refractivity contribution in [3.05, 3.63) is 58.3 Å². The Morgan fingerprint density at radius 3 is 2.63 bits per heavy atom. The van der Waals surface area contributed by atoms with Crippen molar-refractivity contribution in [1.82, 2.24) is 0 Å². The Bertz CT molecular complexity index is 631. The fraction of sp³-hybridized carbons (Fsp3) is 0.0714. The lowest BCUT2D eigenvalue weighted by Crippen LogP contribution is -2.27. The Kier molecular flexibility index (Phi) is 3.85. The molecule has 0 unspecified atom stereocenters. The van der Waals surface area contributed by atoms with E-state index in [0.29, 0.717) is 10.2 Å². The molecule has 0 aliphatic heterocycles. The Morgan fingerprint density at radius 2 is 2.00 bits per heavy atom. The van der Waals surface area contributed by atoms with Crippen molar-refractivity contribution in [3.63, 3.8) is 0 Å². The smallest absolute Gasteiger partial charge is 0.260 e. The molecule has 2 aromatic rings. The van der Waals surface area contributed by atoms with Gasteiger partial charge in [-0.05, 0) is 30.3 Å². The van der Waals surface area contributed by atoms with E-state index in [1.165, 1.54) is 36.2 Å². The molecule has 3 nitrogen and oxygen atoms in total. The van der Waals surface area contributed by atoms with E-state index in [4.69, 9.17) is 0 Å². The van der Waals surface area contributed by atoms with Crippen LogP contribution < -0.4 is 4.90 Å². The van der Waals surface area contributed by atoms with Crippen LogP contribution in [0.25, 0.3) is 0 Å². The third kappa shape index (κ3) is 2.93. The van der Waals surface area contributed by atoms with E-state index in [-0.39, 0.29) is 11.3 Å². The highest BCUT2D eigenvalue weighted by Crippen LogP contribution is 2.22. The first-order chi connectivity index (χ1) is 8.99. The molecule has 0 fully saturated rings. The van der Waals surface area contributed by atoms with E-state index in [2.05, 4.69) is 15.9 Å². The van der Waals surface area contributed by atoms with Crippen LogP contribution >= 0.6 is 15.9 Å². The first-order valence-corrected chi connectivity index (χ1v) is 6.30. The number of benzene rings is 2. The zero-order chi connectivity index (χ0) is 14.0. The van der Waals surface area contributed by atoms with Gasteiger partial charge in [0.15, 0.2) is 0 Å². The molecule has 1 amide bonds. The minimum absolute atomic E-state index is 0.0194. The number of hydrogen-bond donors (Lipinski definition) is 1. The highest BCUT2D eigenvalue weighted by atomic mass is 79.9. The number of nitrogens with zero attached hydrogens (tertiary/aromatic N) is 1. The number of aromatic hydroxyl groups is 1. The molecule has 0 radical (unpaired) electrons. The molecule has 1 N–H and O–H groups in total. The maximum atomic E-state index is 13.7. The number of halogens is 2. The van der Waals surface area contributed by atoms with Crippen molar-refractivity contribution in [2.24, 2.45) is 0 Å². The van der Waals surface area contributed by atoms with Crippen molar-refractivity contribution < 1.29 is 14.3 Å². The van der Waals surface area contributed by atoms with Gasteiger partial charge in [-0.3, -0.25) is 4.79 Å². The van der Waals surface area contributed by atoms with Gasteiger partial charge >= 0.3 is 0 Å². The van der Waals surface area contributed by atoms with Crippen LogP contribution in [0.4, 0.5) is 10.1 Å². The SMILES string of the molecule is CN(C(=O)c1ccc(Br)cc1F)c1cccc(O)c1. The molecule has 0 heterocycles. The van der Waals surface area contributed by atoms with E-state index in [1.54, 1.807) is 18.2 Å². The molecule has 2 rings (SSSR count). The minimum atomic E-state index is -0.591. The van der Waals surface area contributed by atoms with Crippen LogP contribution in [0.2, 0.25) is 0 Å². The lowest BCUT2D eigenvalue weighted by Gasteiger charge is -2.18. The molecule has 5 heteroatoms. The summed E-state index contributed by atoms with van der Waals surface area (Å²) in [6.45, 7) is 0. The standard InChI is InChI=1S/C14H11BrFNO2/c1-17(10-3-2-4-11(18)8-10)14(19)12-6-5-9(15)7-13(12)16/h2-8,18H,1H3. The first-order valence-electron chi connectivity index (χ1n) is 5.51. The Labute approximate surface area is 118 Å². The predicted octanol–water partition coefficient (Wildman–Crippen LogP) is 3.57. The van der Waals surface area contributed by atoms with Crippen molar-refractivity contribution in [2.45, 2.75) is 0 Å². The number of anilines is 1. The van der Waals surface area contributed by atoms with Crippen LogP contribution in [-0.2, 0) is 0 Å². The molecule has 0 saturated heterocycles. The maximum Gasteiger partial charge on any atom is 0.260 e. The third-order valence-electron chi connectivity index (χ3n) is 2.68. The van der Waals surface area contributed by atoms with Crippen LogP contribution in [0, 0.1) is 5.82 Å². The number of phenols is 1. The summed E-state index contributed by atoms with van der Waals surface area (Å²) >= 11 is 3.14. The fourth-order valence-electron chi connectivity index (χ4n) is 1.66. The molecule has 0 aromatic heterocycles. The highest BCUT2D eigenvalue weighted by Gasteiger charge is 2.17. The average Bonchev–Trinajstić information content (AvgIpc) is 2.37. The van der Waals surface area contributed by atoms with Gasteiger partial charge in [-0.1, -0.05) is 22.0 Å². The summed E-state index contributed by atoms with van der Waals surface area (Å²) in [5.74, 6) is -1.02. The second-order valence-corrected chi connectivity index (χ2v) is 4.92. The number of rotatable bonds is 2. The van der Waals surface area contributed by atoms with Gasteiger partial charge in [-0.25, -0.2) is 4.39 Å². The average molecular weight is 324 g/mol. The fourth-order valence-corrected chi connectivity index (χ4v) is 2.00.